The SMILES string of the molecule is CC/C=C/C=C/C=C/C=C/CCCCCC(=O)OCC(COC(=O)CCCCCCCCCCCCCCCCC)OC(=O)CCCCCCCCC/C=C/C/C=C/CC. The van der Waals surface area contributed by atoms with Gasteiger partial charge in [0.15, 0.2) is 6.10 Å². The summed E-state index contributed by atoms with van der Waals surface area (Å²) >= 11 is 0. The van der Waals surface area contributed by atoms with Gasteiger partial charge in [-0.15, -0.1) is 0 Å². The number of carbonyl (C=O) groups excluding carboxylic acids is 3. The van der Waals surface area contributed by atoms with Crippen molar-refractivity contribution in [1.29, 1.82) is 0 Å². The molecule has 0 saturated heterocycles. The third-order valence-electron chi connectivity index (χ3n) is 10.6. The third-order valence-corrected chi connectivity index (χ3v) is 10.6. The van der Waals surface area contributed by atoms with Crippen LogP contribution in [-0.4, -0.2) is 37.2 Å². The molecule has 0 aromatic rings. The van der Waals surface area contributed by atoms with Crippen molar-refractivity contribution in [3.63, 3.8) is 0 Å². The van der Waals surface area contributed by atoms with Crippen molar-refractivity contribution in [2.75, 3.05) is 13.2 Å². The van der Waals surface area contributed by atoms with Crippen LogP contribution in [-0.2, 0) is 28.6 Å². The van der Waals surface area contributed by atoms with Crippen molar-refractivity contribution in [2.45, 2.75) is 239 Å². The Hall–Kier alpha value is -3.15. The van der Waals surface area contributed by atoms with Crippen molar-refractivity contribution < 1.29 is 28.6 Å². The first-order valence-electron chi connectivity index (χ1n) is 25.0. The second kappa shape index (κ2) is 48.5. The van der Waals surface area contributed by atoms with Crippen LogP contribution in [0.15, 0.2) is 72.9 Å². The first-order chi connectivity index (χ1) is 29.5. The number of hydrogen-bond acceptors (Lipinski definition) is 6. The van der Waals surface area contributed by atoms with E-state index in [2.05, 4.69) is 57.2 Å². The van der Waals surface area contributed by atoms with Gasteiger partial charge in [0.1, 0.15) is 13.2 Å². The Bertz CT molecular complexity index is 1140. The first-order valence-corrected chi connectivity index (χ1v) is 25.0. The molecule has 0 amide bonds. The Morgan fingerprint density at radius 3 is 1.22 bits per heavy atom. The predicted molar refractivity (Wildman–Crippen MR) is 256 cm³/mol. The lowest BCUT2D eigenvalue weighted by molar-refractivity contribution is -0.167. The Morgan fingerprint density at radius 2 is 0.733 bits per heavy atom. The maximum absolute atomic E-state index is 12.8. The molecule has 0 aliphatic carbocycles. The highest BCUT2D eigenvalue weighted by Gasteiger charge is 2.19. The molecule has 0 spiro atoms. The highest BCUT2D eigenvalue weighted by Crippen LogP contribution is 2.15. The van der Waals surface area contributed by atoms with Crippen LogP contribution in [0, 0.1) is 0 Å². The van der Waals surface area contributed by atoms with Crippen LogP contribution >= 0.6 is 0 Å². The van der Waals surface area contributed by atoms with E-state index in [1.807, 2.05) is 36.5 Å². The minimum Gasteiger partial charge on any atom is -0.462 e. The molecule has 6 nitrogen and oxygen atoms in total. The molecule has 0 saturated carbocycles. The van der Waals surface area contributed by atoms with Gasteiger partial charge in [-0.1, -0.05) is 222 Å². The van der Waals surface area contributed by atoms with Crippen molar-refractivity contribution in [3.05, 3.63) is 72.9 Å². The van der Waals surface area contributed by atoms with Crippen LogP contribution < -0.4 is 0 Å². The summed E-state index contributed by atoms with van der Waals surface area (Å²) in [7, 11) is 0. The van der Waals surface area contributed by atoms with E-state index in [0.717, 1.165) is 89.9 Å². The topological polar surface area (TPSA) is 78.9 Å². The normalized spacial score (nSPS) is 12.7. The number of rotatable bonds is 44. The summed E-state index contributed by atoms with van der Waals surface area (Å²) < 4.78 is 16.7. The summed E-state index contributed by atoms with van der Waals surface area (Å²) in [4.78, 5) is 37.9. The minimum atomic E-state index is -0.793. The van der Waals surface area contributed by atoms with Gasteiger partial charge in [0, 0.05) is 19.3 Å². The Morgan fingerprint density at radius 1 is 0.367 bits per heavy atom. The number of allylic oxidation sites excluding steroid dienone is 12. The molecule has 0 aliphatic heterocycles. The first kappa shape index (κ1) is 56.9. The smallest absolute Gasteiger partial charge is 0.306 e. The minimum absolute atomic E-state index is 0.0900. The fourth-order valence-electron chi connectivity index (χ4n) is 6.84. The number of hydrogen-bond donors (Lipinski definition) is 0. The lowest BCUT2D eigenvalue weighted by Gasteiger charge is -2.18. The van der Waals surface area contributed by atoms with Gasteiger partial charge >= 0.3 is 17.9 Å². The number of ether oxygens (including phenoxy) is 3. The molecule has 0 aliphatic rings. The molecule has 1 atom stereocenters. The average molecular weight is 837 g/mol. The monoisotopic (exact) mass is 837 g/mol. The van der Waals surface area contributed by atoms with Crippen LogP contribution in [0.3, 0.4) is 0 Å². The molecule has 0 fully saturated rings. The van der Waals surface area contributed by atoms with E-state index in [1.165, 1.54) is 103 Å². The Kier molecular flexibility index (Phi) is 46.0. The summed E-state index contributed by atoms with van der Waals surface area (Å²) in [6.45, 7) is 6.35. The van der Waals surface area contributed by atoms with E-state index < -0.39 is 6.10 Å². The highest BCUT2D eigenvalue weighted by molar-refractivity contribution is 5.71. The van der Waals surface area contributed by atoms with Crippen LogP contribution in [0.5, 0.6) is 0 Å². The Labute approximate surface area is 370 Å². The summed E-state index contributed by atoms with van der Waals surface area (Å²) in [6, 6.07) is 0. The van der Waals surface area contributed by atoms with Gasteiger partial charge in [0.05, 0.1) is 0 Å². The zero-order valence-corrected chi connectivity index (χ0v) is 39.2. The molecule has 60 heavy (non-hydrogen) atoms. The molecule has 6 heteroatoms. The molecule has 0 radical (unpaired) electrons. The Balaban J connectivity index is 4.43. The largest absolute Gasteiger partial charge is 0.462 e. The average Bonchev–Trinajstić information content (AvgIpc) is 3.24. The number of carbonyl (C=O) groups is 3. The van der Waals surface area contributed by atoms with Crippen LogP contribution in [0.2, 0.25) is 0 Å². The van der Waals surface area contributed by atoms with Crippen LogP contribution in [0.4, 0.5) is 0 Å². The predicted octanol–water partition coefficient (Wildman–Crippen LogP) is 16.3. The lowest BCUT2D eigenvalue weighted by Crippen LogP contribution is -2.30. The molecule has 344 valence electrons. The second-order valence-electron chi connectivity index (χ2n) is 16.4. The quantitative estimate of drug-likeness (QED) is 0.0200. The van der Waals surface area contributed by atoms with Gasteiger partial charge in [-0.05, 0) is 64.2 Å². The molecule has 0 rings (SSSR count). The van der Waals surface area contributed by atoms with Crippen molar-refractivity contribution in [2.24, 2.45) is 0 Å². The number of unbranched alkanes of at least 4 members (excludes halogenated alkanes) is 24. The van der Waals surface area contributed by atoms with E-state index in [1.54, 1.807) is 0 Å². The highest BCUT2D eigenvalue weighted by atomic mass is 16.6. The van der Waals surface area contributed by atoms with Gasteiger partial charge in [-0.2, -0.15) is 0 Å². The molecule has 0 heterocycles. The maximum Gasteiger partial charge on any atom is 0.306 e. The van der Waals surface area contributed by atoms with Crippen molar-refractivity contribution in [3.8, 4) is 0 Å². The van der Waals surface area contributed by atoms with Crippen LogP contribution in [0.1, 0.15) is 233 Å². The van der Waals surface area contributed by atoms with Crippen LogP contribution in [0.25, 0.3) is 0 Å². The molecule has 0 aromatic carbocycles. The van der Waals surface area contributed by atoms with E-state index in [4.69, 9.17) is 14.2 Å². The molecule has 0 aromatic heterocycles. The summed E-state index contributed by atoms with van der Waals surface area (Å²) in [6.07, 6.45) is 60.3. The molecular formula is C54H92O6. The fraction of sp³-hybridized carbons (Fsp3) is 0.722. The standard InChI is InChI=1S/C54H92O6/c1-4-7-10-13-16-19-22-25-27-30-32-35-38-41-44-47-53(56)59-50-51(49-58-52(55)46-43-40-37-34-31-28-24-21-18-15-12-9-6-3)60-54(57)48-45-42-39-36-33-29-26-23-20-17-14-11-8-5-2/h8-9,11-12,15,17-18,20-21,24,28,31,51H,4-7,10,13-14,16,19,22-23,25-27,29-30,32-50H2,1-3H3/b11-8+,12-9+,18-15+,20-17+,24-21+,31-28+. The number of esters is 3. The zero-order chi connectivity index (χ0) is 43.7. The summed E-state index contributed by atoms with van der Waals surface area (Å²) in [5.74, 6) is -0.938. The summed E-state index contributed by atoms with van der Waals surface area (Å²) in [5, 5.41) is 0. The van der Waals surface area contributed by atoms with E-state index in [0.29, 0.717) is 19.3 Å². The van der Waals surface area contributed by atoms with Gasteiger partial charge < -0.3 is 14.2 Å². The van der Waals surface area contributed by atoms with E-state index >= 15 is 0 Å². The summed E-state index contributed by atoms with van der Waals surface area (Å²) in [5.41, 5.74) is 0. The van der Waals surface area contributed by atoms with Gasteiger partial charge in [0.25, 0.3) is 0 Å². The van der Waals surface area contributed by atoms with Crippen molar-refractivity contribution >= 4 is 17.9 Å². The molecular weight excluding hydrogens is 745 g/mol. The second-order valence-corrected chi connectivity index (χ2v) is 16.4. The third kappa shape index (κ3) is 45.9. The van der Waals surface area contributed by atoms with Gasteiger partial charge in [0.2, 0.25) is 0 Å². The van der Waals surface area contributed by atoms with E-state index in [-0.39, 0.29) is 31.1 Å². The van der Waals surface area contributed by atoms with Gasteiger partial charge in [-0.3, -0.25) is 14.4 Å². The lowest BCUT2D eigenvalue weighted by atomic mass is 10.0. The van der Waals surface area contributed by atoms with Crippen molar-refractivity contribution in [1.82, 2.24) is 0 Å². The fourth-order valence-corrected chi connectivity index (χ4v) is 6.84. The molecule has 1 unspecified atom stereocenters. The maximum atomic E-state index is 12.8. The van der Waals surface area contributed by atoms with Gasteiger partial charge in [-0.25, -0.2) is 0 Å². The molecule has 0 N–H and O–H groups in total. The molecule has 0 bridgehead atoms. The zero-order valence-electron chi connectivity index (χ0n) is 39.2. The van der Waals surface area contributed by atoms with E-state index in [9.17, 15) is 14.4 Å².